The zero-order valence-corrected chi connectivity index (χ0v) is 15.9. The summed E-state index contributed by atoms with van der Waals surface area (Å²) in [6, 6.07) is -0.840. The van der Waals surface area contributed by atoms with Gasteiger partial charge in [0.25, 0.3) is 0 Å². The van der Waals surface area contributed by atoms with Crippen LogP contribution in [0.5, 0.6) is 0 Å². The van der Waals surface area contributed by atoms with Gasteiger partial charge in [0, 0.05) is 35.3 Å². The van der Waals surface area contributed by atoms with Gasteiger partial charge in [0.05, 0.1) is 18.0 Å². The van der Waals surface area contributed by atoms with Gasteiger partial charge in [0.1, 0.15) is 5.70 Å². The van der Waals surface area contributed by atoms with E-state index in [2.05, 4.69) is 5.32 Å². The number of carbonyl (C=O) groups excluding carboxylic acids is 2. The molecule has 0 aromatic heterocycles. The summed E-state index contributed by atoms with van der Waals surface area (Å²) in [5.41, 5.74) is 11.0. The topological polar surface area (TPSA) is 159 Å². The van der Waals surface area contributed by atoms with Gasteiger partial charge in [-0.05, 0) is 19.3 Å². The molecule has 9 nitrogen and oxygen atoms in total. The molecule has 150 valence electrons. The SMILES string of the molecule is C[C@H]1C(S[C@@H]2CN[C@H](CC(N)C(N)=O)C2)=C(C(=O)O)N2C(=O)[C@@H](CCO)[C@@H]12. The normalized spacial score (nSPS) is 33.8. The van der Waals surface area contributed by atoms with Crippen molar-refractivity contribution in [1.29, 1.82) is 0 Å². The number of aliphatic hydroxyl groups is 1. The molecule has 7 N–H and O–H groups in total. The molecule has 10 heteroatoms. The van der Waals surface area contributed by atoms with E-state index in [1.54, 1.807) is 0 Å². The molecular weight excluding hydrogens is 372 g/mol. The molecule has 0 aromatic rings. The second-order valence-corrected chi connectivity index (χ2v) is 8.79. The number of β-lactam (4-membered cyclic amide) rings is 1. The zero-order valence-electron chi connectivity index (χ0n) is 15.1. The number of aliphatic hydroxyl groups excluding tert-OH is 1. The van der Waals surface area contributed by atoms with E-state index in [1.807, 2.05) is 6.92 Å². The van der Waals surface area contributed by atoms with Gasteiger partial charge in [0.2, 0.25) is 11.8 Å². The van der Waals surface area contributed by atoms with Crippen molar-refractivity contribution in [3.63, 3.8) is 0 Å². The van der Waals surface area contributed by atoms with Gasteiger partial charge in [-0.25, -0.2) is 4.79 Å². The number of carboxylic acids is 1. The summed E-state index contributed by atoms with van der Waals surface area (Å²) in [6.45, 7) is 2.52. The number of nitrogens with two attached hydrogens (primary N) is 2. The number of rotatable bonds is 8. The minimum absolute atomic E-state index is 0.0522. The molecule has 1 unspecified atom stereocenters. The lowest BCUT2D eigenvalue weighted by Gasteiger charge is -2.45. The van der Waals surface area contributed by atoms with Crippen LogP contribution in [-0.4, -0.2) is 69.4 Å². The molecule has 0 saturated carbocycles. The summed E-state index contributed by atoms with van der Waals surface area (Å²) in [6.07, 6.45) is 1.54. The molecule has 0 spiro atoms. The van der Waals surface area contributed by atoms with Gasteiger partial charge in [0.15, 0.2) is 0 Å². The first-order chi connectivity index (χ1) is 12.8. The van der Waals surface area contributed by atoms with Gasteiger partial charge in [-0.1, -0.05) is 6.92 Å². The Balaban J connectivity index is 1.70. The Morgan fingerprint density at radius 3 is 2.74 bits per heavy atom. The number of amides is 2. The molecular formula is C17H26N4O5S. The maximum absolute atomic E-state index is 12.4. The number of hydrogen-bond donors (Lipinski definition) is 5. The highest BCUT2D eigenvalue weighted by Gasteiger charge is 2.58. The van der Waals surface area contributed by atoms with E-state index in [0.29, 0.717) is 24.3 Å². The van der Waals surface area contributed by atoms with E-state index in [1.165, 1.54) is 16.7 Å². The van der Waals surface area contributed by atoms with Crippen molar-refractivity contribution in [2.45, 2.75) is 49.6 Å². The lowest BCUT2D eigenvalue weighted by atomic mass is 9.80. The van der Waals surface area contributed by atoms with Crippen LogP contribution in [0.2, 0.25) is 0 Å². The van der Waals surface area contributed by atoms with E-state index in [0.717, 1.165) is 6.42 Å². The average molecular weight is 398 g/mol. The summed E-state index contributed by atoms with van der Waals surface area (Å²) in [7, 11) is 0. The minimum Gasteiger partial charge on any atom is -0.477 e. The predicted octanol–water partition coefficient (Wildman–Crippen LogP) is -1.19. The van der Waals surface area contributed by atoms with Gasteiger partial charge in [-0.3, -0.25) is 9.59 Å². The Labute approximate surface area is 161 Å². The number of nitrogens with zero attached hydrogens (tertiary/aromatic N) is 1. The maximum Gasteiger partial charge on any atom is 0.353 e. The average Bonchev–Trinajstić information content (AvgIpc) is 3.14. The first-order valence-electron chi connectivity index (χ1n) is 9.12. The quantitative estimate of drug-likeness (QED) is 0.319. The van der Waals surface area contributed by atoms with Crippen molar-refractivity contribution >= 4 is 29.5 Å². The van der Waals surface area contributed by atoms with Crippen LogP contribution in [0.25, 0.3) is 0 Å². The molecule has 0 bridgehead atoms. The first-order valence-corrected chi connectivity index (χ1v) is 10.0. The Hall–Kier alpha value is -1.62. The molecule has 0 radical (unpaired) electrons. The standard InChI is InChI=1S/C17H26N4O5S/c1-7-12-10(2-3-22)16(24)21(12)13(17(25)26)14(7)27-9-4-8(20-6-9)5-11(18)15(19)23/h7-12,20,22H,2-6,18H2,1H3,(H2,19,23)(H,25,26)/t7-,8+,9+,10+,11?,12-/m1/s1. The van der Waals surface area contributed by atoms with E-state index >= 15 is 0 Å². The molecule has 0 aromatic carbocycles. The largest absolute Gasteiger partial charge is 0.477 e. The van der Waals surface area contributed by atoms with Crippen LogP contribution >= 0.6 is 11.8 Å². The van der Waals surface area contributed by atoms with Crippen LogP contribution in [0.1, 0.15) is 26.2 Å². The molecule has 0 aliphatic carbocycles. The highest BCUT2D eigenvalue weighted by molar-refractivity contribution is 8.03. The van der Waals surface area contributed by atoms with Gasteiger partial charge >= 0.3 is 5.97 Å². The molecule has 3 aliphatic rings. The molecule has 2 amide bonds. The van der Waals surface area contributed by atoms with Crippen molar-refractivity contribution in [2.24, 2.45) is 23.3 Å². The molecule has 2 saturated heterocycles. The first kappa shape index (κ1) is 20.1. The van der Waals surface area contributed by atoms with E-state index in [-0.39, 0.29) is 47.4 Å². The lowest BCUT2D eigenvalue weighted by Crippen LogP contribution is -2.60. The summed E-state index contributed by atoms with van der Waals surface area (Å²) in [4.78, 5) is 37.4. The van der Waals surface area contributed by atoms with Crippen LogP contribution in [0.3, 0.4) is 0 Å². The Morgan fingerprint density at radius 1 is 1.44 bits per heavy atom. The number of aliphatic carboxylic acids is 1. The van der Waals surface area contributed by atoms with Crippen molar-refractivity contribution in [3.8, 4) is 0 Å². The van der Waals surface area contributed by atoms with Crippen molar-refractivity contribution in [2.75, 3.05) is 13.2 Å². The van der Waals surface area contributed by atoms with Crippen LogP contribution < -0.4 is 16.8 Å². The fourth-order valence-corrected chi connectivity index (χ4v) is 5.87. The predicted molar refractivity (Wildman–Crippen MR) is 99.2 cm³/mol. The van der Waals surface area contributed by atoms with Gasteiger partial charge < -0.3 is 31.9 Å². The van der Waals surface area contributed by atoms with E-state index in [9.17, 15) is 24.6 Å². The third-order valence-corrected chi connectivity index (χ3v) is 7.20. The van der Waals surface area contributed by atoms with E-state index in [4.69, 9.17) is 11.5 Å². The van der Waals surface area contributed by atoms with Crippen LogP contribution in [0, 0.1) is 11.8 Å². The highest BCUT2D eigenvalue weighted by atomic mass is 32.2. The summed E-state index contributed by atoms with van der Waals surface area (Å²) in [5.74, 6) is -2.25. The molecule has 3 heterocycles. The lowest BCUT2D eigenvalue weighted by molar-refractivity contribution is -0.157. The van der Waals surface area contributed by atoms with Gasteiger partial charge in [-0.15, -0.1) is 11.8 Å². The third kappa shape index (κ3) is 3.58. The Kier molecular flexibility index (Phi) is 5.80. The van der Waals surface area contributed by atoms with Crippen LogP contribution in [-0.2, 0) is 14.4 Å². The number of primary amides is 1. The van der Waals surface area contributed by atoms with Crippen molar-refractivity contribution in [3.05, 3.63) is 10.6 Å². The molecule has 2 fully saturated rings. The highest BCUT2D eigenvalue weighted by Crippen LogP contribution is 2.51. The summed E-state index contributed by atoms with van der Waals surface area (Å²) < 4.78 is 0. The number of thioether (sulfide) groups is 1. The Bertz CT molecular complexity index is 684. The fourth-order valence-electron chi connectivity index (χ4n) is 4.35. The number of nitrogens with one attached hydrogen (secondary N) is 1. The molecule has 27 heavy (non-hydrogen) atoms. The van der Waals surface area contributed by atoms with Gasteiger partial charge in [-0.2, -0.15) is 0 Å². The Morgan fingerprint density at radius 2 is 2.15 bits per heavy atom. The summed E-state index contributed by atoms with van der Waals surface area (Å²) >= 11 is 1.49. The van der Waals surface area contributed by atoms with E-state index < -0.39 is 17.9 Å². The second kappa shape index (κ2) is 7.78. The maximum atomic E-state index is 12.4. The van der Waals surface area contributed by atoms with Crippen molar-refractivity contribution in [1.82, 2.24) is 10.2 Å². The monoisotopic (exact) mass is 398 g/mol. The van der Waals surface area contributed by atoms with Crippen LogP contribution in [0.4, 0.5) is 0 Å². The number of carbonyl (C=O) groups is 3. The third-order valence-electron chi connectivity index (χ3n) is 5.69. The van der Waals surface area contributed by atoms with Crippen molar-refractivity contribution < 1.29 is 24.6 Å². The number of hydrogen-bond acceptors (Lipinski definition) is 7. The summed E-state index contributed by atoms with van der Waals surface area (Å²) in [5, 5.41) is 22.3. The molecule has 3 aliphatic heterocycles. The molecule has 6 atom stereocenters. The fraction of sp³-hybridized carbons (Fsp3) is 0.706. The zero-order chi connectivity index (χ0) is 19.9. The van der Waals surface area contributed by atoms with Crippen LogP contribution in [0.15, 0.2) is 10.6 Å². The smallest absolute Gasteiger partial charge is 0.353 e. The minimum atomic E-state index is -1.10. The number of fused-ring (bicyclic) bond motifs is 1. The second-order valence-electron chi connectivity index (χ2n) is 7.45. The molecule has 3 rings (SSSR count). The number of carboxylic acid groups (broad SMARTS) is 1.